The monoisotopic (exact) mass is 223 g/mol. The predicted molar refractivity (Wildman–Crippen MR) is 62.1 cm³/mol. The molecule has 0 spiro atoms. The summed E-state index contributed by atoms with van der Waals surface area (Å²) < 4.78 is 5.40. The van der Waals surface area contributed by atoms with Crippen molar-refractivity contribution in [3.8, 4) is 0 Å². The Hall–Kier alpha value is -0.900. The van der Waals surface area contributed by atoms with Gasteiger partial charge in [0.1, 0.15) is 0 Å². The van der Waals surface area contributed by atoms with Crippen LogP contribution in [0.25, 0.3) is 0 Å². The molecule has 0 saturated heterocycles. The van der Waals surface area contributed by atoms with Gasteiger partial charge in [0.05, 0.1) is 0 Å². The second-order valence-corrected chi connectivity index (χ2v) is 5.03. The van der Waals surface area contributed by atoms with Gasteiger partial charge in [-0.05, 0) is 25.8 Å². The summed E-state index contributed by atoms with van der Waals surface area (Å²) in [5, 5.41) is 4.03. The van der Waals surface area contributed by atoms with E-state index in [0.717, 1.165) is 24.6 Å². The highest BCUT2D eigenvalue weighted by molar-refractivity contribution is 5.04. The number of hydrogen-bond donors (Lipinski definition) is 1. The quantitative estimate of drug-likeness (QED) is 0.849. The molecule has 1 heterocycles. The molecule has 1 fully saturated rings. The number of nitrogens with two attached hydrogens (primary N) is 1. The van der Waals surface area contributed by atoms with Crippen molar-refractivity contribution in [2.24, 2.45) is 5.73 Å². The third-order valence-electron chi connectivity index (χ3n) is 3.55. The molecule has 0 radical (unpaired) electrons. The van der Waals surface area contributed by atoms with Crippen LogP contribution >= 0.6 is 0 Å². The largest absolute Gasteiger partial charge is 0.339 e. The van der Waals surface area contributed by atoms with E-state index in [0.29, 0.717) is 6.54 Å². The highest BCUT2D eigenvalue weighted by Crippen LogP contribution is 2.37. The zero-order chi connectivity index (χ0) is 11.4. The molecule has 0 unspecified atom stereocenters. The maximum atomic E-state index is 5.47. The van der Waals surface area contributed by atoms with Crippen LogP contribution in [-0.2, 0) is 11.8 Å². The van der Waals surface area contributed by atoms with E-state index in [2.05, 4.69) is 17.1 Å². The highest BCUT2D eigenvalue weighted by atomic mass is 16.5. The predicted octanol–water partition coefficient (Wildman–Crippen LogP) is 2.18. The number of aryl methyl sites for hydroxylation is 1. The Kier molecular flexibility index (Phi) is 3.59. The van der Waals surface area contributed by atoms with Crippen LogP contribution in [0.4, 0.5) is 0 Å². The molecule has 1 aromatic heterocycles. The van der Waals surface area contributed by atoms with E-state index in [1.807, 2.05) is 0 Å². The molecule has 1 aliphatic rings. The van der Waals surface area contributed by atoms with Crippen molar-refractivity contribution in [1.29, 1.82) is 0 Å². The van der Waals surface area contributed by atoms with E-state index in [9.17, 15) is 0 Å². The first kappa shape index (κ1) is 11.6. The molecular formula is C12H21N3O. The van der Waals surface area contributed by atoms with Gasteiger partial charge < -0.3 is 10.3 Å². The van der Waals surface area contributed by atoms with Gasteiger partial charge in [-0.25, -0.2) is 0 Å². The third kappa shape index (κ3) is 2.43. The van der Waals surface area contributed by atoms with Gasteiger partial charge in [0, 0.05) is 11.8 Å². The molecule has 4 heteroatoms. The van der Waals surface area contributed by atoms with E-state index in [4.69, 9.17) is 10.3 Å². The molecular weight excluding hydrogens is 202 g/mol. The lowest BCUT2D eigenvalue weighted by molar-refractivity contribution is 0.231. The van der Waals surface area contributed by atoms with E-state index >= 15 is 0 Å². The van der Waals surface area contributed by atoms with Gasteiger partial charge in [-0.1, -0.05) is 31.3 Å². The number of rotatable bonds is 4. The maximum absolute atomic E-state index is 5.47. The van der Waals surface area contributed by atoms with Gasteiger partial charge in [0.25, 0.3) is 0 Å². The van der Waals surface area contributed by atoms with Crippen molar-refractivity contribution in [2.45, 2.75) is 57.3 Å². The minimum atomic E-state index is 0.117. The fourth-order valence-electron chi connectivity index (χ4n) is 2.41. The summed E-state index contributed by atoms with van der Waals surface area (Å²) in [6, 6.07) is 0. The van der Waals surface area contributed by atoms with Gasteiger partial charge in [0.15, 0.2) is 5.82 Å². The Morgan fingerprint density at radius 1 is 1.31 bits per heavy atom. The lowest BCUT2D eigenvalue weighted by Crippen LogP contribution is -2.25. The Morgan fingerprint density at radius 3 is 2.75 bits per heavy atom. The average Bonchev–Trinajstić information content (AvgIpc) is 2.77. The maximum Gasteiger partial charge on any atom is 0.232 e. The molecule has 0 aliphatic heterocycles. The molecule has 2 N–H and O–H groups in total. The molecule has 0 amide bonds. The summed E-state index contributed by atoms with van der Waals surface area (Å²) in [4.78, 5) is 4.51. The first-order chi connectivity index (χ1) is 7.74. The molecule has 1 aliphatic carbocycles. The third-order valence-corrected chi connectivity index (χ3v) is 3.55. The number of nitrogens with zero attached hydrogens (tertiary/aromatic N) is 2. The van der Waals surface area contributed by atoms with Crippen LogP contribution < -0.4 is 5.73 Å². The lowest BCUT2D eigenvalue weighted by Gasteiger charge is -2.29. The second kappa shape index (κ2) is 4.95. The zero-order valence-electron chi connectivity index (χ0n) is 10.0. The van der Waals surface area contributed by atoms with Gasteiger partial charge in [0.2, 0.25) is 5.89 Å². The molecule has 0 bridgehead atoms. The Morgan fingerprint density at radius 2 is 2.06 bits per heavy atom. The van der Waals surface area contributed by atoms with Gasteiger partial charge in [-0.2, -0.15) is 4.98 Å². The van der Waals surface area contributed by atoms with Crippen LogP contribution in [0.1, 0.15) is 57.2 Å². The summed E-state index contributed by atoms with van der Waals surface area (Å²) in [7, 11) is 0. The molecule has 1 saturated carbocycles. The molecule has 4 nitrogen and oxygen atoms in total. The topological polar surface area (TPSA) is 64.9 Å². The summed E-state index contributed by atoms with van der Waals surface area (Å²) in [6.45, 7) is 2.92. The SMILES string of the molecule is CC1(c2nc(CCCN)no2)CCCCC1. The van der Waals surface area contributed by atoms with E-state index in [1.165, 1.54) is 32.1 Å². The van der Waals surface area contributed by atoms with Crippen LogP contribution in [0.3, 0.4) is 0 Å². The van der Waals surface area contributed by atoms with E-state index in [-0.39, 0.29) is 5.41 Å². The molecule has 90 valence electrons. The smallest absolute Gasteiger partial charge is 0.232 e. The second-order valence-electron chi connectivity index (χ2n) is 5.03. The van der Waals surface area contributed by atoms with Crippen LogP contribution in [0.5, 0.6) is 0 Å². The standard InChI is InChI=1S/C12H21N3O/c1-12(7-3-2-4-8-12)11-14-10(15-16-11)6-5-9-13/h2-9,13H2,1H3. The normalized spacial score (nSPS) is 19.9. The fourth-order valence-corrected chi connectivity index (χ4v) is 2.41. The minimum Gasteiger partial charge on any atom is -0.339 e. The van der Waals surface area contributed by atoms with Crippen LogP contribution in [0.2, 0.25) is 0 Å². The number of hydrogen-bond acceptors (Lipinski definition) is 4. The minimum absolute atomic E-state index is 0.117. The summed E-state index contributed by atoms with van der Waals surface area (Å²) in [5.41, 5.74) is 5.58. The summed E-state index contributed by atoms with van der Waals surface area (Å²) in [5.74, 6) is 1.64. The summed E-state index contributed by atoms with van der Waals surface area (Å²) >= 11 is 0. The molecule has 16 heavy (non-hydrogen) atoms. The molecule has 0 atom stereocenters. The van der Waals surface area contributed by atoms with Gasteiger partial charge in [-0.3, -0.25) is 0 Å². The van der Waals surface area contributed by atoms with E-state index in [1.54, 1.807) is 0 Å². The molecule has 0 aromatic carbocycles. The van der Waals surface area contributed by atoms with Crippen molar-refractivity contribution in [1.82, 2.24) is 10.1 Å². The highest BCUT2D eigenvalue weighted by Gasteiger charge is 2.34. The zero-order valence-corrected chi connectivity index (χ0v) is 10.0. The summed E-state index contributed by atoms with van der Waals surface area (Å²) in [6.07, 6.45) is 7.99. The van der Waals surface area contributed by atoms with Crippen molar-refractivity contribution < 1.29 is 4.52 Å². The first-order valence-electron chi connectivity index (χ1n) is 6.28. The van der Waals surface area contributed by atoms with Crippen LogP contribution in [0.15, 0.2) is 4.52 Å². The average molecular weight is 223 g/mol. The molecule has 1 aromatic rings. The fraction of sp³-hybridized carbons (Fsp3) is 0.833. The van der Waals surface area contributed by atoms with Crippen molar-refractivity contribution in [3.05, 3.63) is 11.7 Å². The Balaban J connectivity index is 2.05. The van der Waals surface area contributed by atoms with Gasteiger partial charge >= 0.3 is 0 Å². The number of aromatic nitrogens is 2. The lowest BCUT2D eigenvalue weighted by atomic mass is 9.76. The first-order valence-corrected chi connectivity index (χ1v) is 6.28. The van der Waals surface area contributed by atoms with Crippen LogP contribution in [-0.4, -0.2) is 16.7 Å². The van der Waals surface area contributed by atoms with Crippen molar-refractivity contribution in [2.75, 3.05) is 6.54 Å². The molecule has 2 rings (SSSR count). The Bertz CT molecular complexity index is 329. The van der Waals surface area contributed by atoms with Crippen LogP contribution in [0, 0.1) is 0 Å². The Labute approximate surface area is 96.6 Å². The van der Waals surface area contributed by atoms with Gasteiger partial charge in [-0.15, -0.1) is 0 Å². The van der Waals surface area contributed by atoms with Crippen molar-refractivity contribution >= 4 is 0 Å². The van der Waals surface area contributed by atoms with Crippen molar-refractivity contribution in [3.63, 3.8) is 0 Å². The van der Waals surface area contributed by atoms with E-state index < -0.39 is 0 Å².